The van der Waals surface area contributed by atoms with Gasteiger partial charge in [0, 0.05) is 0 Å². The molecule has 4 aliphatic rings. The van der Waals surface area contributed by atoms with Crippen LogP contribution in [0.1, 0.15) is 106 Å². The SMILES string of the molecule is CC(C)CCCC(C)C1CCC2C3CCC4CC(C)(O)C=CC4(C)C3CCC12C. The van der Waals surface area contributed by atoms with Gasteiger partial charge in [-0.2, -0.15) is 0 Å². The summed E-state index contributed by atoms with van der Waals surface area (Å²) >= 11 is 0. The van der Waals surface area contributed by atoms with Crippen LogP contribution in [0, 0.1) is 52.3 Å². The number of hydrogen-bond donors (Lipinski definition) is 1. The third kappa shape index (κ3) is 3.77. The van der Waals surface area contributed by atoms with Crippen LogP contribution in [0.5, 0.6) is 0 Å². The molecule has 4 aliphatic carbocycles. The van der Waals surface area contributed by atoms with Gasteiger partial charge in [-0.25, -0.2) is 0 Å². The quantitative estimate of drug-likeness (QED) is 0.470. The Hall–Kier alpha value is -0.300. The molecule has 3 saturated carbocycles. The molecule has 166 valence electrons. The normalized spacial score (nSPS) is 50.1. The molecule has 3 fully saturated rings. The van der Waals surface area contributed by atoms with E-state index in [1.807, 2.05) is 6.92 Å². The van der Waals surface area contributed by atoms with Crippen molar-refractivity contribution < 1.29 is 5.11 Å². The van der Waals surface area contributed by atoms with Crippen molar-refractivity contribution in [2.24, 2.45) is 52.3 Å². The highest BCUT2D eigenvalue weighted by Crippen LogP contribution is 2.68. The van der Waals surface area contributed by atoms with Crippen LogP contribution in [0.25, 0.3) is 0 Å². The minimum Gasteiger partial charge on any atom is -0.386 e. The number of rotatable bonds is 5. The predicted octanol–water partition coefficient (Wildman–Crippen LogP) is 7.63. The summed E-state index contributed by atoms with van der Waals surface area (Å²) in [7, 11) is 0. The van der Waals surface area contributed by atoms with Crippen molar-refractivity contribution in [1.29, 1.82) is 0 Å². The maximum absolute atomic E-state index is 10.6. The van der Waals surface area contributed by atoms with Gasteiger partial charge in [0.1, 0.15) is 0 Å². The molecule has 4 rings (SSSR count). The summed E-state index contributed by atoms with van der Waals surface area (Å²) < 4.78 is 0. The van der Waals surface area contributed by atoms with E-state index < -0.39 is 5.60 Å². The lowest BCUT2D eigenvalue weighted by Gasteiger charge is -2.60. The standard InChI is InChI=1S/C28H48O/c1-19(2)8-7-9-20(3)23-12-13-24-22-11-10-21-18-26(4,29)16-17-27(21,5)25(22)14-15-28(23,24)6/h16-17,19-25,29H,7-15,18H2,1-6H3. The highest BCUT2D eigenvalue weighted by molar-refractivity contribution is 5.20. The van der Waals surface area contributed by atoms with Gasteiger partial charge in [0.25, 0.3) is 0 Å². The van der Waals surface area contributed by atoms with Gasteiger partial charge in [0.15, 0.2) is 0 Å². The molecule has 1 nitrogen and oxygen atoms in total. The van der Waals surface area contributed by atoms with Crippen LogP contribution < -0.4 is 0 Å². The molecule has 0 aromatic carbocycles. The van der Waals surface area contributed by atoms with Crippen molar-refractivity contribution >= 4 is 0 Å². The molecular formula is C28H48O. The van der Waals surface area contributed by atoms with E-state index in [9.17, 15) is 5.11 Å². The topological polar surface area (TPSA) is 20.2 Å². The van der Waals surface area contributed by atoms with E-state index in [2.05, 4.69) is 46.8 Å². The molecule has 0 heterocycles. The van der Waals surface area contributed by atoms with Crippen LogP contribution in [-0.4, -0.2) is 10.7 Å². The Morgan fingerprint density at radius 3 is 2.38 bits per heavy atom. The van der Waals surface area contributed by atoms with Gasteiger partial charge in [-0.05, 0) is 104 Å². The van der Waals surface area contributed by atoms with Crippen LogP contribution in [0.4, 0.5) is 0 Å². The molecule has 0 aliphatic heterocycles. The molecule has 29 heavy (non-hydrogen) atoms. The number of allylic oxidation sites excluding steroid dienone is 1. The zero-order valence-corrected chi connectivity index (χ0v) is 20.2. The van der Waals surface area contributed by atoms with Gasteiger partial charge < -0.3 is 5.11 Å². The molecule has 9 unspecified atom stereocenters. The van der Waals surface area contributed by atoms with Crippen molar-refractivity contribution in [1.82, 2.24) is 0 Å². The Bertz CT molecular complexity index is 618. The summed E-state index contributed by atoms with van der Waals surface area (Å²) in [4.78, 5) is 0. The van der Waals surface area contributed by atoms with E-state index >= 15 is 0 Å². The molecular weight excluding hydrogens is 352 g/mol. The van der Waals surface area contributed by atoms with Gasteiger partial charge in [-0.3, -0.25) is 0 Å². The molecule has 0 spiro atoms. The minimum atomic E-state index is -0.579. The van der Waals surface area contributed by atoms with Crippen LogP contribution in [0.15, 0.2) is 12.2 Å². The van der Waals surface area contributed by atoms with E-state index in [-0.39, 0.29) is 0 Å². The fraction of sp³-hybridized carbons (Fsp3) is 0.929. The van der Waals surface area contributed by atoms with Crippen LogP contribution in [0.3, 0.4) is 0 Å². The van der Waals surface area contributed by atoms with Gasteiger partial charge >= 0.3 is 0 Å². The zero-order chi connectivity index (χ0) is 21.0. The van der Waals surface area contributed by atoms with E-state index in [1.165, 1.54) is 57.8 Å². The first-order valence-electron chi connectivity index (χ1n) is 13.0. The molecule has 0 aromatic heterocycles. The number of aliphatic hydroxyl groups is 1. The fourth-order valence-electron chi connectivity index (χ4n) is 9.00. The Morgan fingerprint density at radius 2 is 1.66 bits per heavy atom. The Morgan fingerprint density at radius 1 is 0.897 bits per heavy atom. The third-order valence-corrected chi connectivity index (χ3v) is 10.6. The minimum absolute atomic E-state index is 0.327. The second kappa shape index (κ2) is 7.68. The van der Waals surface area contributed by atoms with Crippen molar-refractivity contribution in [3.05, 3.63) is 12.2 Å². The van der Waals surface area contributed by atoms with Crippen molar-refractivity contribution in [3.63, 3.8) is 0 Å². The second-order valence-corrected chi connectivity index (χ2v) is 12.9. The van der Waals surface area contributed by atoms with E-state index in [4.69, 9.17) is 0 Å². The van der Waals surface area contributed by atoms with E-state index in [0.717, 1.165) is 41.9 Å². The average molecular weight is 401 g/mol. The Balaban J connectivity index is 1.49. The summed E-state index contributed by atoms with van der Waals surface area (Å²) in [5.41, 5.74) is 0.336. The average Bonchev–Trinajstić information content (AvgIpc) is 2.99. The van der Waals surface area contributed by atoms with Crippen LogP contribution >= 0.6 is 0 Å². The first-order valence-corrected chi connectivity index (χ1v) is 13.0. The number of hydrogen-bond acceptors (Lipinski definition) is 1. The molecule has 0 saturated heterocycles. The lowest BCUT2D eigenvalue weighted by atomic mass is 9.45. The molecule has 1 N–H and O–H groups in total. The fourth-order valence-corrected chi connectivity index (χ4v) is 9.00. The number of fused-ring (bicyclic) bond motifs is 5. The summed E-state index contributed by atoms with van der Waals surface area (Å²) in [6.07, 6.45) is 18.4. The van der Waals surface area contributed by atoms with Crippen LogP contribution in [0.2, 0.25) is 0 Å². The lowest BCUT2D eigenvalue weighted by Crippen LogP contribution is -2.54. The van der Waals surface area contributed by atoms with Gasteiger partial charge in [-0.15, -0.1) is 0 Å². The van der Waals surface area contributed by atoms with Crippen molar-refractivity contribution in [2.45, 2.75) is 111 Å². The predicted molar refractivity (Wildman–Crippen MR) is 124 cm³/mol. The van der Waals surface area contributed by atoms with Crippen molar-refractivity contribution in [3.8, 4) is 0 Å². The van der Waals surface area contributed by atoms with Gasteiger partial charge in [0.05, 0.1) is 5.60 Å². The smallest absolute Gasteiger partial charge is 0.0802 e. The largest absolute Gasteiger partial charge is 0.386 e. The Kier molecular flexibility index (Phi) is 5.81. The summed E-state index contributed by atoms with van der Waals surface area (Å²) in [5, 5.41) is 10.6. The molecule has 0 amide bonds. The van der Waals surface area contributed by atoms with Gasteiger partial charge in [-0.1, -0.05) is 66.0 Å². The summed E-state index contributed by atoms with van der Waals surface area (Å²) in [6, 6.07) is 0. The highest BCUT2D eigenvalue weighted by Gasteiger charge is 2.60. The van der Waals surface area contributed by atoms with Crippen LogP contribution in [-0.2, 0) is 0 Å². The van der Waals surface area contributed by atoms with E-state index in [1.54, 1.807) is 0 Å². The molecule has 0 bridgehead atoms. The van der Waals surface area contributed by atoms with Gasteiger partial charge in [0.2, 0.25) is 0 Å². The first kappa shape index (κ1) is 21.9. The summed E-state index contributed by atoms with van der Waals surface area (Å²) in [6.45, 7) is 14.6. The first-order chi connectivity index (χ1) is 13.6. The monoisotopic (exact) mass is 400 g/mol. The molecule has 1 heteroatoms. The highest BCUT2D eigenvalue weighted by atomic mass is 16.3. The Labute approximate surface area is 181 Å². The molecule has 0 aromatic rings. The maximum atomic E-state index is 10.6. The zero-order valence-electron chi connectivity index (χ0n) is 20.2. The third-order valence-electron chi connectivity index (χ3n) is 10.6. The maximum Gasteiger partial charge on any atom is 0.0802 e. The molecule has 0 radical (unpaired) electrons. The van der Waals surface area contributed by atoms with Crippen molar-refractivity contribution in [2.75, 3.05) is 0 Å². The summed E-state index contributed by atoms with van der Waals surface area (Å²) in [5.74, 6) is 6.11. The molecule has 9 atom stereocenters. The second-order valence-electron chi connectivity index (χ2n) is 12.9. The lowest BCUT2D eigenvalue weighted by molar-refractivity contribution is -0.0989. The van der Waals surface area contributed by atoms with E-state index in [0.29, 0.717) is 16.7 Å².